The first kappa shape index (κ1) is 13.9. The number of aromatic amines is 1. The molecule has 0 aliphatic heterocycles. The maximum Gasteiger partial charge on any atom is 0.262 e. The minimum Gasteiger partial charge on any atom is -0.484 e. The highest BCUT2D eigenvalue weighted by Crippen LogP contribution is 2.18. The van der Waals surface area contributed by atoms with Gasteiger partial charge < -0.3 is 10.1 Å². The SMILES string of the molecule is O=C(COc1ccccc1)Nc1ccc(-c2ccn[nH]2)cc1. The summed E-state index contributed by atoms with van der Waals surface area (Å²) in [7, 11) is 0. The van der Waals surface area contributed by atoms with E-state index in [1.165, 1.54) is 0 Å². The van der Waals surface area contributed by atoms with Gasteiger partial charge in [-0.1, -0.05) is 30.3 Å². The van der Waals surface area contributed by atoms with Crippen molar-refractivity contribution in [3.8, 4) is 17.0 Å². The van der Waals surface area contributed by atoms with Gasteiger partial charge in [-0.25, -0.2) is 0 Å². The van der Waals surface area contributed by atoms with Crippen LogP contribution in [0.25, 0.3) is 11.3 Å². The summed E-state index contributed by atoms with van der Waals surface area (Å²) in [5.74, 6) is 0.477. The van der Waals surface area contributed by atoms with Crippen molar-refractivity contribution in [2.75, 3.05) is 11.9 Å². The molecule has 2 aromatic carbocycles. The van der Waals surface area contributed by atoms with Gasteiger partial charge >= 0.3 is 0 Å². The van der Waals surface area contributed by atoms with E-state index in [4.69, 9.17) is 4.74 Å². The lowest BCUT2D eigenvalue weighted by atomic mass is 10.1. The standard InChI is InChI=1S/C17H15N3O2/c21-17(12-22-15-4-2-1-3-5-15)19-14-8-6-13(7-9-14)16-10-11-18-20-16/h1-11H,12H2,(H,18,20)(H,19,21). The van der Waals surface area contributed by atoms with Gasteiger partial charge in [-0.15, -0.1) is 0 Å². The lowest BCUT2D eigenvalue weighted by Crippen LogP contribution is -2.20. The molecule has 0 bridgehead atoms. The predicted molar refractivity (Wildman–Crippen MR) is 84.6 cm³/mol. The molecule has 3 rings (SSSR count). The Bertz CT molecular complexity index is 722. The second kappa shape index (κ2) is 6.58. The summed E-state index contributed by atoms with van der Waals surface area (Å²) < 4.78 is 5.40. The van der Waals surface area contributed by atoms with E-state index in [1.54, 1.807) is 6.20 Å². The van der Waals surface area contributed by atoms with E-state index in [0.29, 0.717) is 5.75 Å². The molecular formula is C17H15N3O2. The number of rotatable bonds is 5. The van der Waals surface area contributed by atoms with Gasteiger partial charge in [-0.2, -0.15) is 5.10 Å². The number of hydrogen-bond acceptors (Lipinski definition) is 3. The zero-order chi connectivity index (χ0) is 15.2. The van der Waals surface area contributed by atoms with Gasteiger partial charge in [0.05, 0.1) is 5.69 Å². The molecule has 1 aromatic heterocycles. The highest BCUT2D eigenvalue weighted by atomic mass is 16.5. The number of H-pyrrole nitrogens is 1. The fraction of sp³-hybridized carbons (Fsp3) is 0.0588. The second-order valence-electron chi connectivity index (χ2n) is 4.70. The predicted octanol–water partition coefficient (Wildman–Crippen LogP) is 3.09. The molecule has 5 heteroatoms. The van der Waals surface area contributed by atoms with Crippen LogP contribution in [0.3, 0.4) is 0 Å². The molecule has 0 aliphatic rings. The maximum absolute atomic E-state index is 11.8. The fourth-order valence-electron chi connectivity index (χ4n) is 2.01. The number of benzene rings is 2. The van der Waals surface area contributed by atoms with E-state index in [1.807, 2.05) is 60.7 Å². The molecule has 1 heterocycles. The Balaban J connectivity index is 1.55. The smallest absolute Gasteiger partial charge is 0.262 e. The summed E-state index contributed by atoms with van der Waals surface area (Å²) in [6, 6.07) is 18.7. The molecule has 5 nitrogen and oxygen atoms in total. The number of nitrogens with one attached hydrogen (secondary N) is 2. The van der Waals surface area contributed by atoms with E-state index >= 15 is 0 Å². The van der Waals surface area contributed by atoms with Gasteiger partial charge in [0.2, 0.25) is 0 Å². The Kier molecular flexibility index (Phi) is 4.15. The molecule has 2 N–H and O–H groups in total. The number of ether oxygens (including phenoxy) is 1. The van der Waals surface area contributed by atoms with E-state index in [9.17, 15) is 4.79 Å². The van der Waals surface area contributed by atoms with Gasteiger partial charge in [0, 0.05) is 11.9 Å². The second-order valence-corrected chi connectivity index (χ2v) is 4.70. The highest BCUT2D eigenvalue weighted by Gasteiger charge is 2.04. The van der Waals surface area contributed by atoms with E-state index in [0.717, 1.165) is 16.9 Å². The zero-order valence-electron chi connectivity index (χ0n) is 11.8. The summed E-state index contributed by atoms with van der Waals surface area (Å²) in [4.78, 5) is 11.8. The Morgan fingerprint density at radius 1 is 1.05 bits per heavy atom. The van der Waals surface area contributed by atoms with Crippen LogP contribution in [0, 0.1) is 0 Å². The first-order valence-electron chi connectivity index (χ1n) is 6.89. The van der Waals surface area contributed by atoms with Crippen molar-refractivity contribution in [2.24, 2.45) is 0 Å². The Morgan fingerprint density at radius 2 is 1.82 bits per heavy atom. The van der Waals surface area contributed by atoms with E-state index in [2.05, 4.69) is 15.5 Å². The molecule has 1 amide bonds. The summed E-state index contributed by atoms with van der Waals surface area (Å²) in [6.45, 7) is -0.0215. The van der Waals surface area contributed by atoms with Crippen molar-refractivity contribution in [1.29, 1.82) is 0 Å². The van der Waals surface area contributed by atoms with Gasteiger partial charge in [0.1, 0.15) is 5.75 Å². The first-order chi connectivity index (χ1) is 10.8. The Hall–Kier alpha value is -3.08. The number of carbonyl (C=O) groups excluding carboxylic acids is 1. The molecular weight excluding hydrogens is 278 g/mol. The van der Waals surface area contributed by atoms with Crippen LogP contribution in [0.2, 0.25) is 0 Å². The molecule has 0 unspecified atom stereocenters. The number of carbonyl (C=O) groups is 1. The number of para-hydroxylation sites is 1. The van der Waals surface area contributed by atoms with Crippen molar-refractivity contribution in [3.05, 3.63) is 66.9 Å². The van der Waals surface area contributed by atoms with Crippen molar-refractivity contribution >= 4 is 11.6 Å². The first-order valence-corrected chi connectivity index (χ1v) is 6.89. The quantitative estimate of drug-likeness (QED) is 0.759. The van der Waals surface area contributed by atoms with Crippen LogP contribution >= 0.6 is 0 Å². The third kappa shape index (κ3) is 3.52. The molecule has 3 aromatic rings. The molecule has 0 saturated carbocycles. The maximum atomic E-state index is 11.8. The number of anilines is 1. The number of nitrogens with zero attached hydrogens (tertiary/aromatic N) is 1. The van der Waals surface area contributed by atoms with Crippen LogP contribution in [0.4, 0.5) is 5.69 Å². The van der Waals surface area contributed by atoms with Crippen LogP contribution in [0.5, 0.6) is 5.75 Å². The lowest BCUT2D eigenvalue weighted by molar-refractivity contribution is -0.118. The van der Waals surface area contributed by atoms with Gasteiger partial charge in [-0.05, 0) is 35.9 Å². The van der Waals surface area contributed by atoms with Crippen molar-refractivity contribution in [3.63, 3.8) is 0 Å². The Morgan fingerprint density at radius 3 is 2.50 bits per heavy atom. The Labute approximate surface area is 127 Å². The minimum absolute atomic E-state index is 0.0215. The summed E-state index contributed by atoms with van der Waals surface area (Å²) in [5.41, 5.74) is 2.67. The summed E-state index contributed by atoms with van der Waals surface area (Å²) >= 11 is 0. The van der Waals surface area contributed by atoms with E-state index in [-0.39, 0.29) is 12.5 Å². The van der Waals surface area contributed by atoms with Crippen LogP contribution in [0.15, 0.2) is 66.9 Å². The van der Waals surface area contributed by atoms with Crippen LogP contribution in [-0.4, -0.2) is 22.7 Å². The van der Waals surface area contributed by atoms with Gasteiger partial charge in [-0.3, -0.25) is 9.89 Å². The molecule has 0 saturated heterocycles. The molecule has 0 aliphatic carbocycles. The third-order valence-electron chi connectivity index (χ3n) is 3.09. The average molecular weight is 293 g/mol. The van der Waals surface area contributed by atoms with Crippen LogP contribution in [-0.2, 0) is 4.79 Å². The number of hydrogen-bond donors (Lipinski definition) is 2. The van der Waals surface area contributed by atoms with Gasteiger partial charge in [0.25, 0.3) is 5.91 Å². The minimum atomic E-state index is -0.196. The summed E-state index contributed by atoms with van der Waals surface area (Å²) in [6.07, 6.45) is 1.70. The molecule has 0 radical (unpaired) electrons. The number of aromatic nitrogens is 2. The monoisotopic (exact) mass is 293 g/mol. The highest BCUT2D eigenvalue weighted by molar-refractivity contribution is 5.92. The zero-order valence-corrected chi connectivity index (χ0v) is 11.8. The topological polar surface area (TPSA) is 67.0 Å². The number of amides is 1. The van der Waals surface area contributed by atoms with Crippen molar-refractivity contribution in [2.45, 2.75) is 0 Å². The molecule has 22 heavy (non-hydrogen) atoms. The lowest BCUT2D eigenvalue weighted by Gasteiger charge is -2.08. The van der Waals surface area contributed by atoms with E-state index < -0.39 is 0 Å². The molecule has 0 atom stereocenters. The molecule has 0 spiro atoms. The molecule has 110 valence electrons. The molecule has 0 fully saturated rings. The normalized spacial score (nSPS) is 10.2. The third-order valence-corrected chi connectivity index (χ3v) is 3.09. The summed E-state index contributed by atoms with van der Waals surface area (Å²) in [5, 5.41) is 9.60. The largest absolute Gasteiger partial charge is 0.484 e. The van der Waals surface area contributed by atoms with Crippen LogP contribution in [0.1, 0.15) is 0 Å². The fourth-order valence-corrected chi connectivity index (χ4v) is 2.01. The average Bonchev–Trinajstić information content (AvgIpc) is 3.09. The van der Waals surface area contributed by atoms with Crippen molar-refractivity contribution < 1.29 is 9.53 Å². The van der Waals surface area contributed by atoms with Gasteiger partial charge in [0.15, 0.2) is 6.61 Å². The van der Waals surface area contributed by atoms with Crippen LogP contribution < -0.4 is 10.1 Å². The van der Waals surface area contributed by atoms with Crippen molar-refractivity contribution in [1.82, 2.24) is 10.2 Å².